The molecule has 1 heteroatoms. The van der Waals surface area contributed by atoms with Crippen molar-refractivity contribution in [1.29, 1.82) is 0 Å². The molecule has 2 saturated carbocycles. The van der Waals surface area contributed by atoms with Gasteiger partial charge in [0.25, 0.3) is 0 Å². The maximum Gasteiger partial charge on any atom is 0.0118 e. The Morgan fingerprint density at radius 2 is 1.87 bits per heavy atom. The van der Waals surface area contributed by atoms with Crippen LogP contribution in [0.2, 0.25) is 0 Å². The largest absolute Gasteiger partial charge is 0.316 e. The van der Waals surface area contributed by atoms with E-state index in [1.165, 1.54) is 57.8 Å². The van der Waals surface area contributed by atoms with Crippen LogP contribution >= 0.6 is 0 Å². The summed E-state index contributed by atoms with van der Waals surface area (Å²) in [6, 6.07) is 0.776. The van der Waals surface area contributed by atoms with E-state index in [9.17, 15) is 0 Å². The predicted octanol–water partition coefficient (Wildman–Crippen LogP) is 3.74. The smallest absolute Gasteiger partial charge is 0.0118 e. The van der Waals surface area contributed by atoms with E-state index in [-0.39, 0.29) is 0 Å². The van der Waals surface area contributed by atoms with Crippen molar-refractivity contribution >= 4 is 0 Å². The molecule has 1 N–H and O–H groups in total. The third kappa shape index (κ3) is 2.96. The van der Waals surface area contributed by atoms with E-state index in [0.29, 0.717) is 5.41 Å². The van der Waals surface area contributed by atoms with Crippen molar-refractivity contribution in [2.24, 2.45) is 11.3 Å². The highest BCUT2D eigenvalue weighted by molar-refractivity contribution is 4.90. The van der Waals surface area contributed by atoms with Gasteiger partial charge in [0, 0.05) is 6.04 Å². The summed E-state index contributed by atoms with van der Waals surface area (Å²) in [6.07, 6.45) is 13.2. The summed E-state index contributed by atoms with van der Waals surface area (Å²) in [4.78, 5) is 0. The first-order chi connectivity index (χ1) is 7.24. The lowest BCUT2D eigenvalue weighted by atomic mass is 9.69. The van der Waals surface area contributed by atoms with Gasteiger partial charge in [-0.15, -0.1) is 0 Å². The van der Waals surface area contributed by atoms with Gasteiger partial charge in [-0.25, -0.2) is 0 Å². The third-order valence-corrected chi connectivity index (χ3v) is 4.75. The minimum absolute atomic E-state index is 0.599. The average molecular weight is 209 g/mol. The van der Waals surface area contributed by atoms with Crippen LogP contribution in [0.1, 0.15) is 64.7 Å². The van der Waals surface area contributed by atoms with E-state index in [4.69, 9.17) is 0 Å². The topological polar surface area (TPSA) is 12.0 Å². The first kappa shape index (κ1) is 11.4. The minimum Gasteiger partial charge on any atom is -0.316 e. The third-order valence-electron chi connectivity index (χ3n) is 4.75. The van der Waals surface area contributed by atoms with Crippen LogP contribution in [0.15, 0.2) is 0 Å². The summed E-state index contributed by atoms with van der Waals surface area (Å²) in [7, 11) is 2.16. The van der Waals surface area contributed by atoms with Crippen LogP contribution in [0, 0.1) is 11.3 Å². The van der Waals surface area contributed by atoms with Crippen LogP contribution in [0.5, 0.6) is 0 Å². The van der Waals surface area contributed by atoms with Crippen molar-refractivity contribution in [3.8, 4) is 0 Å². The van der Waals surface area contributed by atoms with E-state index < -0.39 is 0 Å². The number of hydrogen-bond acceptors (Lipinski definition) is 1. The van der Waals surface area contributed by atoms with Crippen molar-refractivity contribution in [1.82, 2.24) is 5.32 Å². The zero-order valence-electron chi connectivity index (χ0n) is 10.5. The highest BCUT2D eigenvalue weighted by atomic mass is 14.9. The van der Waals surface area contributed by atoms with Gasteiger partial charge in [0.2, 0.25) is 0 Å². The standard InChI is InChI=1S/C14H27N/c1-14(10-4-3-5-11-14)13(15-2)9-8-12-6-7-12/h12-13,15H,3-11H2,1-2H3. The average Bonchev–Trinajstić information content (AvgIpc) is 3.03. The van der Waals surface area contributed by atoms with Crippen LogP contribution in [0.4, 0.5) is 0 Å². The van der Waals surface area contributed by atoms with Crippen molar-refractivity contribution in [3.63, 3.8) is 0 Å². The molecule has 2 aliphatic carbocycles. The SMILES string of the molecule is CNC(CCC1CC1)C1(C)CCCCC1. The summed E-state index contributed by atoms with van der Waals surface area (Å²) in [5.74, 6) is 1.09. The van der Waals surface area contributed by atoms with Gasteiger partial charge < -0.3 is 5.32 Å². The van der Waals surface area contributed by atoms with Crippen LogP contribution in [-0.4, -0.2) is 13.1 Å². The summed E-state index contributed by atoms with van der Waals surface area (Å²) >= 11 is 0. The molecule has 2 fully saturated rings. The van der Waals surface area contributed by atoms with Crippen LogP contribution in [0.25, 0.3) is 0 Å². The van der Waals surface area contributed by atoms with Gasteiger partial charge in [-0.1, -0.05) is 39.0 Å². The van der Waals surface area contributed by atoms with Crippen LogP contribution in [0.3, 0.4) is 0 Å². The van der Waals surface area contributed by atoms with Gasteiger partial charge in [0.05, 0.1) is 0 Å². The normalized spacial score (nSPS) is 27.6. The molecule has 1 atom stereocenters. The second kappa shape index (κ2) is 4.86. The molecule has 0 radical (unpaired) electrons. The fourth-order valence-electron chi connectivity index (χ4n) is 3.36. The summed E-state index contributed by atoms with van der Waals surface area (Å²) < 4.78 is 0. The Morgan fingerprint density at radius 3 is 2.40 bits per heavy atom. The Labute approximate surface area is 95.0 Å². The monoisotopic (exact) mass is 209 g/mol. The molecule has 2 aliphatic rings. The molecule has 0 aromatic carbocycles. The molecule has 2 rings (SSSR count). The zero-order valence-corrected chi connectivity index (χ0v) is 10.5. The molecule has 15 heavy (non-hydrogen) atoms. The molecule has 1 nitrogen and oxygen atoms in total. The van der Waals surface area contributed by atoms with Crippen molar-refractivity contribution in [3.05, 3.63) is 0 Å². The van der Waals surface area contributed by atoms with Gasteiger partial charge in [-0.05, 0) is 44.1 Å². The van der Waals surface area contributed by atoms with E-state index >= 15 is 0 Å². The molecule has 0 heterocycles. The van der Waals surface area contributed by atoms with Crippen LogP contribution in [-0.2, 0) is 0 Å². The molecular weight excluding hydrogens is 182 g/mol. The Morgan fingerprint density at radius 1 is 1.20 bits per heavy atom. The van der Waals surface area contributed by atoms with E-state index in [1.54, 1.807) is 0 Å². The van der Waals surface area contributed by atoms with Gasteiger partial charge in [-0.2, -0.15) is 0 Å². The highest BCUT2D eigenvalue weighted by Crippen LogP contribution is 2.42. The van der Waals surface area contributed by atoms with E-state index in [2.05, 4.69) is 19.3 Å². The predicted molar refractivity (Wildman–Crippen MR) is 66.0 cm³/mol. The Bertz CT molecular complexity index is 190. The lowest BCUT2D eigenvalue weighted by Crippen LogP contribution is -2.43. The summed E-state index contributed by atoms with van der Waals surface area (Å²) in [5.41, 5.74) is 0.599. The molecule has 0 aliphatic heterocycles. The fourth-order valence-corrected chi connectivity index (χ4v) is 3.36. The summed E-state index contributed by atoms with van der Waals surface area (Å²) in [5, 5.41) is 3.60. The number of nitrogens with one attached hydrogen (secondary N) is 1. The molecule has 0 aromatic heterocycles. The van der Waals surface area contributed by atoms with Gasteiger partial charge in [0.15, 0.2) is 0 Å². The van der Waals surface area contributed by atoms with Gasteiger partial charge >= 0.3 is 0 Å². The van der Waals surface area contributed by atoms with E-state index in [1.807, 2.05) is 0 Å². The van der Waals surface area contributed by atoms with Gasteiger partial charge in [0.1, 0.15) is 0 Å². The molecule has 1 unspecified atom stereocenters. The Hall–Kier alpha value is -0.0400. The Balaban J connectivity index is 1.84. The second-order valence-electron chi connectivity index (χ2n) is 6.08. The molecule has 0 spiro atoms. The minimum atomic E-state index is 0.599. The molecular formula is C14H27N. The molecule has 0 amide bonds. The highest BCUT2D eigenvalue weighted by Gasteiger charge is 2.35. The summed E-state index contributed by atoms with van der Waals surface area (Å²) in [6.45, 7) is 2.51. The first-order valence-corrected chi connectivity index (χ1v) is 6.92. The quantitative estimate of drug-likeness (QED) is 0.727. The molecule has 0 aromatic rings. The van der Waals surface area contributed by atoms with Crippen LogP contribution < -0.4 is 5.32 Å². The molecule has 88 valence electrons. The number of rotatable bonds is 5. The van der Waals surface area contributed by atoms with Crippen molar-refractivity contribution < 1.29 is 0 Å². The fraction of sp³-hybridized carbons (Fsp3) is 1.00. The lowest BCUT2D eigenvalue weighted by molar-refractivity contribution is 0.140. The van der Waals surface area contributed by atoms with Crippen molar-refractivity contribution in [2.45, 2.75) is 70.8 Å². The maximum atomic E-state index is 3.60. The number of hydrogen-bond donors (Lipinski definition) is 1. The maximum absolute atomic E-state index is 3.60. The molecule has 0 bridgehead atoms. The lowest BCUT2D eigenvalue weighted by Gasteiger charge is -2.41. The molecule has 0 saturated heterocycles. The first-order valence-electron chi connectivity index (χ1n) is 6.92. The Kier molecular flexibility index (Phi) is 3.71. The second-order valence-corrected chi connectivity index (χ2v) is 6.08. The zero-order chi connectivity index (χ0) is 10.7. The van der Waals surface area contributed by atoms with E-state index in [0.717, 1.165) is 12.0 Å². The van der Waals surface area contributed by atoms with Gasteiger partial charge in [-0.3, -0.25) is 0 Å². The van der Waals surface area contributed by atoms with Crippen molar-refractivity contribution in [2.75, 3.05) is 7.05 Å².